The van der Waals surface area contributed by atoms with E-state index in [2.05, 4.69) is 41.6 Å². The van der Waals surface area contributed by atoms with E-state index in [0.717, 1.165) is 17.8 Å². The highest BCUT2D eigenvalue weighted by atomic mass is 79.9. The Hall–Kier alpha value is -0.280. The molecule has 1 heterocycles. The van der Waals surface area contributed by atoms with E-state index in [1.54, 1.807) is 0 Å². The molecule has 0 aliphatic carbocycles. The summed E-state index contributed by atoms with van der Waals surface area (Å²) in [6.45, 7) is 8.69. The smallest absolute Gasteiger partial charge is 0.169 e. The molecule has 0 radical (unpaired) electrons. The van der Waals surface area contributed by atoms with Gasteiger partial charge in [0.2, 0.25) is 0 Å². The van der Waals surface area contributed by atoms with Gasteiger partial charge in [-0.1, -0.05) is 13.8 Å². The first-order valence-corrected chi connectivity index (χ1v) is 5.46. The molecule has 0 aromatic carbocycles. The third kappa shape index (κ3) is 2.58. The van der Waals surface area contributed by atoms with Crippen molar-refractivity contribution in [2.75, 3.05) is 13.1 Å². The number of nitrogens with zero attached hydrogens (tertiary/aromatic N) is 1. The maximum absolute atomic E-state index is 5.21. The average molecular weight is 246 g/mol. The number of hydrogen-bond acceptors (Lipinski definition) is 2. The maximum Gasteiger partial charge on any atom is 0.169 e. The van der Waals surface area contributed by atoms with Crippen molar-refractivity contribution in [3.63, 3.8) is 0 Å². The molecule has 1 atom stereocenters. The predicted molar refractivity (Wildman–Crippen MR) is 57.7 cm³/mol. The van der Waals surface area contributed by atoms with Gasteiger partial charge in [-0.25, -0.2) is 0 Å². The minimum Gasteiger partial charge on any atom is -0.457 e. The highest BCUT2D eigenvalue weighted by molar-refractivity contribution is 9.10. The van der Waals surface area contributed by atoms with Gasteiger partial charge in [-0.15, -0.1) is 0 Å². The Morgan fingerprint density at radius 2 is 2.08 bits per heavy atom. The molecule has 74 valence electrons. The molecule has 1 rings (SSSR count). The first-order valence-electron chi connectivity index (χ1n) is 4.67. The van der Waals surface area contributed by atoms with Crippen LogP contribution in [-0.2, 0) is 0 Å². The third-order valence-electron chi connectivity index (χ3n) is 2.43. The topological polar surface area (TPSA) is 16.4 Å². The Bertz CT molecular complexity index is 255. The molecular formula is C10H16BrNO. The number of hydrogen-bond donors (Lipinski definition) is 0. The summed E-state index contributed by atoms with van der Waals surface area (Å²) in [5, 5.41) is 0. The van der Waals surface area contributed by atoms with Crippen LogP contribution >= 0.6 is 15.9 Å². The van der Waals surface area contributed by atoms with E-state index in [4.69, 9.17) is 4.42 Å². The molecule has 0 bridgehead atoms. The molecular weight excluding hydrogens is 230 g/mol. The lowest BCUT2D eigenvalue weighted by Crippen LogP contribution is -2.25. The monoisotopic (exact) mass is 245 g/mol. The zero-order valence-electron chi connectivity index (χ0n) is 8.38. The number of rotatable bonds is 4. The van der Waals surface area contributed by atoms with Gasteiger partial charge in [-0.2, -0.15) is 0 Å². The van der Waals surface area contributed by atoms with Crippen molar-refractivity contribution in [3.05, 3.63) is 22.6 Å². The molecule has 13 heavy (non-hydrogen) atoms. The van der Waals surface area contributed by atoms with Crippen molar-refractivity contribution >= 4 is 15.9 Å². The quantitative estimate of drug-likeness (QED) is 0.809. The van der Waals surface area contributed by atoms with E-state index in [-0.39, 0.29) is 0 Å². The molecule has 0 spiro atoms. The van der Waals surface area contributed by atoms with E-state index < -0.39 is 0 Å². The Labute approximate surface area is 88.0 Å². The molecule has 1 aromatic rings. The Balaban J connectivity index is 2.71. The zero-order valence-corrected chi connectivity index (χ0v) is 9.97. The lowest BCUT2D eigenvalue weighted by atomic mass is 10.1. The van der Waals surface area contributed by atoms with Gasteiger partial charge < -0.3 is 4.42 Å². The van der Waals surface area contributed by atoms with E-state index >= 15 is 0 Å². The van der Waals surface area contributed by atoms with Gasteiger partial charge in [0.1, 0.15) is 0 Å². The Morgan fingerprint density at radius 1 is 1.46 bits per heavy atom. The SMILES string of the molecule is CCN(CC)C(C)c1coc(Br)c1. The minimum atomic E-state index is 0.435. The summed E-state index contributed by atoms with van der Waals surface area (Å²) in [4.78, 5) is 2.39. The second-order valence-corrected chi connectivity index (χ2v) is 3.86. The fraction of sp³-hybridized carbons (Fsp3) is 0.600. The van der Waals surface area contributed by atoms with E-state index in [1.807, 2.05) is 12.3 Å². The summed E-state index contributed by atoms with van der Waals surface area (Å²) in [5.41, 5.74) is 1.23. The van der Waals surface area contributed by atoms with Crippen LogP contribution in [0.2, 0.25) is 0 Å². The number of furan rings is 1. The Kier molecular flexibility index (Phi) is 4.00. The lowest BCUT2D eigenvalue weighted by molar-refractivity contribution is 0.233. The van der Waals surface area contributed by atoms with Crippen LogP contribution in [-0.4, -0.2) is 18.0 Å². The fourth-order valence-electron chi connectivity index (χ4n) is 1.52. The molecule has 3 heteroatoms. The van der Waals surface area contributed by atoms with Gasteiger partial charge in [0.15, 0.2) is 4.67 Å². The van der Waals surface area contributed by atoms with Gasteiger partial charge >= 0.3 is 0 Å². The van der Waals surface area contributed by atoms with Gasteiger partial charge in [0, 0.05) is 11.6 Å². The lowest BCUT2D eigenvalue weighted by Gasteiger charge is -2.25. The van der Waals surface area contributed by atoms with Crippen LogP contribution in [0.15, 0.2) is 21.4 Å². The van der Waals surface area contributed by atoms with Gasteiger partial charge in [0.25, 0.3) is 0 Å². The summed E-state index contributed by atoms with van der Waals surface area (Å²) in [5.74, 6) is 0. The molecule has 2 nitrogen and oxygen atoms in total. The minimum absolute atomic E-state index is 0.435. The first kappa shape index (κ1) is 10.8. The van der Waals surface area contributed by atoms with Crippen molar-refractivity contribution in [2.45, 2.75) is 26.8 Å². The highest BCUT2D eigenvalue weighted by Gasteiger charge is 2.14. The van der Waals surface area contributed by atoms with Crippen molar-refractivity contribution in [1.82, 2.24) is 4.90 Å². The largest absolute Gasteiger partial charge is 0.457 e. The van der Waals surface area contributed by atoms with Crippen LogP contribution < -0.4 is 0 Å². The van der Waals surface area contributed by atoms with Crippen LogP contribution in [0, 0.1) is 0 Å². The van der Waals surface area contributed by atoms with Crippen LogP contribution in [0.3, 0.4) is 0 Å². The molecule has 0 amide bonds. The van der Waals surface area contributed by atoms with Gasteiger partial charge in [-0.3, -0.25) is 4.90 Å². The van der Waals surface area contributed by atoms with Crippen LogP contribution in [0.4, 0.5) is 0 Å². The maximum atomic E-state index is 5.21. The summed E-state index contributed by atoms with van der Waals surface area (Å²) < 4.78 is 6.02. The molecule has 0 aliphatic rings. The van der Waals surface area contributed by atoms with E-state index in [0.29, 0.717) is 6.04 Å². The zero-order chi connectivity index (χ0) is 9.84. The Morgan fingerprint density at radius 3 is 2.46 bits per heavy atom. The third-order valence-corrected chi connectivity index (χ3v) is 2.85. The second-order valence-electron chi connectivity index (χ2n) is 3.08. The molecule has 1 aromatic heterocycles. The van der Waals surface area contributed by atoms with Crippen LogP contribution in [0.1, 0.15) is 32.4 Å². The van der Waals surface area contributed by atoms with Crippen LogP contribution in [0.25, 0.3) is 0 Å². The molecule has 0 saturated carbocycles. The first-order chi connectivity index (χ1) is 6.19. The number of halogens is 1. The second kappa shape index (κ2) is 4.82. The van der Waals surface area contributed by atoms with Gasteiger partial charge in [0.05, 0.1) is 6.26 Å². The molecule has 0 fully saturated rings. The van der Waals surface area contributed by atoms with Gasteiger partial charge in [-0.05, 0) is 42.0 Å². The molecule has 0 aliphatic heterocycles. The van der Waals surface area contributed by atoms with E-state index in [1.165, 1.54) is 5.56 Å². The summed E-state index contributed by atoms with van der Waals surface area (Å²) in [7, 11) is 0. The van der Waals surface area contributed by atoms with Crippen molar-refractivity contribution in [2.24, 2.45) is 0 Å². The normalized spacial score (nSPS) is 13.6. The molecule has 1 unspecified atom stereocenters. The standard InChI is InChI=1S/C10H16BrNO/c1-4-12(5-2)8(3)9-6-10(11)13-7-9/h6-8H,4-5H2,1-3H3. The summed E-state index contributed by atoms with van der Waals surface area (Å²) in [6.07, 6.45) is 1.81. The van der Waals surface area contributed by atoms with Crippen molar-refractivity contribution in [3.8, 4) is 0 Å². The highest BCUT2D eigenvalue weighted by Crippen LogP contribution is 2.24. The summed E-state index contributed by atoms with van der Waals surface area (Å²) in [6, 6.07) is 2.47. The fourth-order valence-corrected chi connectivity index (χ4v) is 1.88. The van der Waals surface area contributed by atoms with Crippen molar-refractivity contribution in [1.29, 1.82) is 0 Å². The summed E-state index contributed by atoms with van der Waals surface area (Å²) >= 11 is 3.31. The molecule has 0 N–H and O–H groups in total. The molecule has 0 saturated heterocycles. The van der Waals surface area contributed by atoms with E-state index in [9.17, 15) is 0 Å². The van der Waals surface area contributed by atoms with Crippen molar-refractivity contribution < 1.29 is 4.42 Å². The van der Waals surface area contributed by atoms with Crippen LogP contribution in [0.5, 0.6) is 0 Å². The average Bonchev–Trinajstić information content (AvgIpc) is 2.54. The predicted octanol–water partition coefficient (Wildman–Crippen LogP) is 3.44.